The van der Waals surface area contributed by atoms with Crippen molar-refractivity contribution in [1.29, 1.82) is 0 Å². The lowest BCUT2D eigenvalue weighted by Gasteiger charge is -2.07. The van der Waals surface area contributed by atoms with Gasteiger partial charge >= 0.3 is 0 Å². The van der Waals surface area contributed by atoms with Gasteiger partial charge in [0.25, 0.3) is 0 Å². The molecule has 0 fully saturated rings. The minimum Gasteiger partial charge on any atom is -0.382 e. The van der Waals surface area contributed by atoms with Crippen molar-refractivity contribution in [2.24, 2.45) is 0 Å². The molecule has 7 heteroatoms. The fourth-order valence-corrected chi connectivity index (χ4v) is 1.55. The van der Waals surface area contributed by atoms with Gasteiger partial charge in [-0.1, -0.05) is 11.6 Å². The van der Waals surface area contributed by atoms with Gasteiger partial charge < -0.3 is 11.1 Å². The van der Waals surface area contributed by atoms with Gasteiger partial charge in [-0.2, -0.15) is 5.10 Å². The van der Waals surface area contributed by atoms with Gasteiger partial charge in [0, 0.05) is 12.7 Å². The molecular formula is C10H13ClN6. The van der Waals surface area contributed by atoms with Crippen LogP contribution in [0, 0.1) is 6.92 Å². The molecular weight excluding hydrogens is 240 g/mol. The second-order valence-corrected chi connectivity index (χ2v) is 4.01. The summed E-state index contributed by atoms with van der Waals surface area (Å²) >= 11 is 5.94. The molecule has 2 heterocycles. The Kier molecular flexibility index (Phi) is 3.43. The smallest absolute Gasteiger partial charge is 0.150 e. The van der Waals surface area contributed by atoms with Crippen molar-refractivity contribution >= 4 is 23.2 Å². The van der Waals surface area contributed by atoms with Gasteiger partial charge in [0.1, 0.15) is 17.2 Å². The topological polar surface area (TPSA) is 81.7 Å². The van der Waals surface area contributed by atoms with Crippen molar-refractivity contribution in [3.63, 3.8) is 0 Å². The highest BCUT2D eigenvalue weighted by Crippen LogP contribution is 2.22. The largest absolute Gasteiger partial charge is 0.382 e. The summed E-state index contributed by atoms with van der Waals surface area (Å²) in [4.78, 5) is 7.80. The van der Waals surface area contributed by atoms with E-state index in [2.05, 4.69) is 20.4 Å². The van der Waals surface area contributed by atoms with Crippen LogP contribution in [-0.2, 0) is 6.54 Å². The first-order valence-electron chi connectivity index (χ1n) is 5.15. The molecule has 0 aliphatic heterocycles. The van der Waals surface area contributed by atoms with Crippen LogP contribution < -0.4 is 11.1 Å². The first kappa shape index (κ1) is 11.7. The average Bonchev–Trinajstić information content (AvgIpc) is 2.70. The number of halogens is 1. The van der Waals surface area contributed by atoms with Gasteiger partial charge in [-0.25, -0.2) is 9.97 Å². The third kappa shape index (κ3) is 2.85. The summed E-state index contributed by atoms with van der Waals surface area (Å²) in [6, 6.07) is 0. The molecule has 0 atom stereocenters. The molecule has 6 nitrogen and oxygen atoms in total. The molecule has 0 amide bonds. The van der Waals surface area contributed by atoms with E-state index in [1.54, 1.807) is 0 Å². The van der Waals surface area contributed by atoms with Crippen LogP contribution in [0.1, 0.15) is 5.56 Å². The van der Waals surface area contributed by atoms with Crippen molar-refractivity contribution in [3.05, 3.63) is 29.3 Å². The third-order valence-corrected chi connectivity index (χ3v) is 2.58. The van der Waals surface area contributed by atoms with Crippen LogP contribution in [0.4, 0.5) is 11.6 Å². The first-order valence-corrected chi connectivity index (χ1v) is 5.53. The fraction of sp³-hybridized carbons (Fsp3) is 0.300. The van der Waals surface area contributed by atoms with Crippen LogP contribution in [0.25, 0.3) is 0 Å². The Morgan fingerprint density at radius 2 is 2.29 bits per heavy atom. The Morgan fingerprint density at radius 3 is 3.00 bits per heavy atom. The average molecular weight is 253 g/mol. The van der Waals surface area contributed by atoms with Gasteiger partial charge in [0.05, 0.1) is 12.7 Å². The second-order valence-electron chi connectivity index (χ2n) is 3.63. The summed E-state index contributed by atoms with van der Waals surface area (Å²) in [5.74, 6) is 0.821. The number of nitrogens with two attached hydrogens (primary N) is 1. The van der Waals surface area contributed by atoms with E-state index in [-0.39, 0.29) is 5.82 Å². The molecule has 17 heavy (non-hydrogen) atoms. The molecule has 0 saturated carbocycles. The van der Waals surface area contributed by atoms with Crippen LogP contribution in [0.3, 0.4) is 0 Å². The Bertz CT molecular complexity index is 509. The number of hydrogen-bond acceptors (Lipinski definition) is 5. The first-order chi connectivity index (χ1) is 8.16. The highest BCUT2D eigenvalue weighted by molar-refractivity contribution is 6.35. The summed E-state index contributed by atoms with van der Waals surface area (Å²) < 4.78 is 1.85. The van der Waals surface area contributed by atoms with Crippen molar-refractivity contribution in [2.45, 2.75) is 13.5 Å². The summed E-state index contributed by atoms with van der Waals surface area (Å²) in [5, 5.41) is 7.61. The number of nitrogens with one attached hydrogen (secondary N) is 1. The minimum absolute atomic E-state index is 0.277. The molecule has 0 bridgehead atoms. The van der Waals surface area contributed by atoms with Crippen molar-refractivity contribution in [3.8, 4) is 0 Å². The van der Waals surface area contributed by atoms with E-state index in [0.717, 1.165) is 12.1 Å². The Hall–Kier alpha value is -1.82. The minimum atomic E-state index is 0.277. The molecule has 2 aromatic heterocycles. The highest BCUT2D eigenvalue weighted by atomic mass is 35.5. The van der Waals surface area contributed by atoms with Crippen LogP contribution in [0.5, 0.6) is 0 Å². The maximum Gasteiger partial charge on any atom is 0.150 e. The Balaban J connectivity index is 1.92. The lowest BCUT2D eigenvalue weighted by atomic mass is 10.4. The molecule has 3 N–H and O–H groups in total. The lowest BCUT2D eigenvalue weighted by molar-refractivity contribution is 0.636. The van der Waals surface area contributed by atoms with Gasteiger partial charge in [0.15, 0.2) is 5.82 Å². The van der Waals surface area contributed by atoms with Crippen molar-refractivity contribution < 1.29 is 0 Å². The molecule has 0 aromatic carbocycles. The maximum absolute atomic E-state index is 5.94. The molecule has 0 radical (unpaired) electrons. The van der Waals surface area contributed by atoms with Gasteiger partial charge in [-0.15, -0.1) is 0 Å². The summed E-state index contributed by atoms with van der Waals surface area (Å²) in [7, 11) is 0. The van der Waals surface area contributed by atoms with E-state index in [9.17, 15) is 0 Å². The number of rotatable bonds is 4. The van der Waals surface area contributed by atoms with Crippen LogP contribution in [0.15, 0.2) is 18.7 Å². The predicted molar refractivity (Wildman–Crippen MR) is 66.9 cm³/mol. The standard InChI is InChI=1S/C10H13ClN6/c1-7-4-16-17(5-7)3-2-13-10-8(11)9(12)14-6-15-10/h4-6H,2-3H2,1H3,(H3,12,13,14,15). The molecule has 0 unspecified atom stereocenters. The van der Waals surface area contributed by atoms with Crippen LogP contribution in [0.2, 0.25) is 5.02 Å². The second kappa shape index (κ2) is 5.01. The summed E-state index contributed by atoms with van der Waals surface area (Å²) in [6.07, 6.45) is 5.16. The fourth-order valence-electron chi connectivity index (χ4n) is 1.38. The van der Waals surface area contributed by atoms with E-state index in [4.69, 9.17) is 17.3 Å². The normalized spacial score (nSPS) is 10.5. The number of hydrogen-bond donors (Lipinski definition) is 2. The predicted octanol–water partition coefficient (Wildman–Crippen LogP) is 1.33. The summed E-state index contributed by atoms with van der Waals surface area (Å²) in [5.41, 5.74) is 6.70. The number of aryl methyl sites for hydroxylation is 1. The van der Waals surface area contributed by atoms with Crippen molar-refractivity contribution in [1.82, 2.24) is 19.7 Å². The van der Waals surface area contributed by atoms with Crippen LogP contribution >= 0.6 is 11.6 Å². The third-order valence-electron chi connectivity index (χ3n) is 2.21. The van der Waals surface area contributed by atoms with E-state index in [1.807, 2.05) is 24.0 Å². The molecule has 90 valence electrons. The molecule has 0 spiro atoms. The maximum atomic E-state index is 5.94. The quantitative estimate of drug-likeness (QED) is 0.858. The van der Waals surface area contributed by atoms with Gasteiger partial charge in [0.2, 0.25) is 0 Å². The van der Waals surface area contributed by atoms with Crippen LogP contribution in [-0.4, -0.2) is 26.3 Å². The Labute approximate surface area is 104 Å². The zero-order valence-corrected chi connectivity index (χ0v) is 10.1. The molecule has 0 aliphatic rings. The zero-order chi connectivity index (χ0) is 12.3. The van der Waals surface area contributed by atoms with E-state index in [1.165, 1.54) is 6.33 Å². The molecule has 0 aliphatic carbocycles. The lowest BCUT2D eigenvalue weighted by Crippen LogP contribution is -2.12. The molecule has 2 rings (SSSR count). The number of anilines is 2. The molecule has 2 aromatic rings. The van der Waals surface area contributed by atoms with Gasteiger partial charge in [-0.3, -0.25) is 4.68 Å². The van der Waals surface area contributed by atoms with Gasteiger partial charge in [-0.05, 0) is 12.5 Å². The highest BCUT2D eigenvalue weighted by Gasteiger charge is 2.05. The number of nitrogen functional groups attached to an aromatic ring is 1. The number of nitrogens with zero attached hydrogens (tertiary/aromatic N) is 4. The monoisotopic (exact) mass is 252 g/mol. The van der Waals surface area contributed by atoms with E-state index in [0.29, 0.717) is 17.4 Å². The van der Waals surface area contributed by atoms with Crippen molar-refractivity contribution in [2.75, 3.05) is 17.6 Å². The van der Waals surface area contributed by atoms with E-state index >= 15 is 0 Å². The molecule has 0 saturated heterocycles. The Morgan fingerprint density at radius 1 is 1.47 bits per heavy atom. The zero-order valence-electron chi connectivity index (χ0n) is 9.39. The number of aromatic nitrogens is 4. The SMILES string of the molecule is Cc1cnn(CCNc2ncnc(N)c2Cl)c1. The van der Waals surface area contributed by atoms with E-state index < -0.39 is 0 Å². The summed E-state index contributed by atoms with van der Waals surface area (Å²) in [6.45, 7) is 3.39.